The van der Waals surface area contributed by atoms with Gasteiger partial charge in [-0.3, -0.25) is 0 Å². The molecule has 1 heterocycles. The van der Waals surface area contributed by atoms with Crippen LogP contribution in [0.25, 0.3) is 0 Å². The van der Waals surface area contributed by atoms with Crippen LogP contribution < -0.4 is 14.8 Å². The lowest BCUT2D eigenvalue weighted by Gasteiger charge is -2.27. The summed E-state index contributed by atoms with van der Waals surface area (Å²) in [5.41, 5.74) is 0.900. The van der Waals surface area contributed by atoms with Crippen molar-refractivity contribution in [3.8, 4) is 11.5 Å². The number of aromatic nitrogens is 1. The minimum absolute atomic E-state index is 0.108. The number of hydrogen-bond donors (Lipinski definition) is 2. The molecule has 24 heavy (non-hydrogen) atoms. The van der Waals surface area contributed by atoms with Crippen molar-refractivity contribution in [1.29, 1.82) is 0 Å². The number of ether oxygens (including phenoxy) is 2. The van der Waals surface area contributed by atoms with Gasteiger partial charge in [0, 0.05) is 17.5 Å². The van der Waals surface area contributed by atoms with Crippen LogP contribution in [0.4, 0.5) is 0 Å². The summed E-state index contributed by atoms with van der Waals surface area (Å²) >= 11 is 1.60. The Morgan fingerprint density at radius 3 is 2.58 bits per heavy atom. The van der Waals surface area contributed by atoms with Crippen molar-refractivity contribution in [1.82, 2.24) is 10.3 Å². The van der Waals surface area contributed by atoms with Crippen LogP contribution in [0.2, 0.25) is 0 Å². The first-order valence-corrected chi connectivity index (χ1v) is 9.17. The second kappa shape index (κ2) is 7.96. The Labute approximate surface area is 146 Å². The van der Waals surface area contributed by atoms with E-state index >= 15 is 0 Å². The van der Waals surface area contributed by atoms with Gasteiger partial charge in [0.2, 0.25) is 0 Å². The van der Waals surface area contributed by atoms with Gasteiger partial charge in [0.15, 0.2) is 0 Å². The summed E-state index contributed by atoms with van der Waals surface area (Å²) < 4.78 is 10.9. The third-order valence-corrected chi connectivity index (χ3v) is 5.40. The molecule has 1 saturated carbocycles. The van der Waals surface area contributed by atoms with Crippen molar-refractivity contribution < 1.29 is 14.6 Å². The van der Waals surface area contributed by atoms with Crippen molar-refractivity contribution in [2.75, 3.05) is 13.7 Å². The van der Waals surface area contributed by atoms with Gasteiger partial charge in [0.25, 0.3) is 0 Å². The molecule has 0 amide bonds. The summed E-state index contributed by atoms with van der Waals surface area (Å²) in [7, 11) is 1.65. The highest BCUT2D eigenvalue weighted by atomic mass is 32.1. The van der Waals surface area contributed by atoms with Crippen molar-refractivity contribution >= 4 is 11.3 Å². The minimum atomic E-state index is -0.108. The molecule has 0 spiro atoms. The molecule has 2 N–H and O–H groups in total. The lowest BCUT2D eigenvalue weighted by Crippen LogP contribution is -2.45. The normalized spacial score (nSPS) is 16.2. The first-order chi connectivity index (χ1) is 11.7. The third kappa shape index (κ3) is 4.26. The first-order valence-electron chi connectivity index (χ1n) is 8.29. The smallest absolute Gasteiger partial charge is 0.140 e. The molecule has 1 aliphatic carbocycles. The Morgan fingerprint density at radius 1 is 1.21 bits per heavy atom. The summed E-state index contributed by atoms with van der Waals surface area (Å²) in [4.78, 5) is 4.61. The molecule has 6 heteroatoms. The van der Waals surface area contributed by atoms with Crippen molar-refractivity contribution in [2.24, 2.45) is 0 Å². The molecule has 0 atom stereocenters. The zero-order chi connectivity index (χ0) is 16.8. The van der Waals surface area contributed by atoms with Gasteiger partial charge >= 0.3 is 0 Å². The molecule has 2 aromatic rings. The van der Waals surface area contributed by atoms with E-state index in [0.29, 0.717) is 13.2 Å². The number of hydrogen-bond acceptors (Lipinski definition) is 6. The molecule has 3 rings (SSSR count). The summed E-state index contributed by atoms with van der Waals surface area (Å²) in [6.07, 6.45) is 4.46. The van der Waals surface area contributed by atoms with E-state index in [1.807, 2.05) is 24.3 Å². The molecule has 1 aliphatic rings. The number of aliphatic hydroxyl groups is 1. The van der Waals surface area contributed by atoms with Gasteiger partial charge in [-0.15, -0.1) is 11.3 Å². The Hall–Kier alpha value is -1.63. The second-order valence-corrected chi connectivity index (χ2v) is 7.14. The van der Waals surface area contributed by atoms with Crippen LogP contribution in [0.5, 0.6) is 11.5 Å². The fourth-order valence-electron chi connectivity index (χ4n) is 3.03. The van der Waals surface area contributed by atoms with Crippen LogP contribution >= 0.6 is 11.3 Å². The first kappa shape index (κ1) is 17.2. The maximum Gasteiger partial charge on any atom is 0.140 e. The predicted octanol–water partition coefficient (Wildman–Crippen LogP) is 3.13. The molecule has 0 bridgehead atoms. The highest BCUT2D eigenvalue weighted by Crippen LogP contribution is 2.29. The Morgan fingerprint density at radius 2 is 1.92 bits per heavy atom. The van der Waals surface area contributed by atoms with E-state index in [4.69, 9.17) is 9.47 Å². The summed E-state index contributed by atoms with van der Waals surface area (Å²) in [6, 6.07) is 7.53. The van der Waals surface area contributed by atoms with E-state index < -0.39 is 0 Å². The molecule has 1 aromatic heterocycles. The van der Waals surface area contributed by atoms with E-state index in [1.54, 1.807) is 18.4 Å². The van der Waals surface area contributed by atoms with Gasteiger partial charge < -0.3 is 19.9 Å². The number of nitrogens with one attached hydrogen (secondary N) is 1. The highest BCUT2D eigenvalue weighted by molar-refractivity contribution is 7.09. The Balaban J connectivity index is 1.49. The molecular formula is C18H24N2O3S. The number of thiazole rings is 1. The third-order valence-electron chi connectivity index (χ3n) is 4.53. The van der Waals surface area contributed by atoms with Crippen LogP contribution in [0.3, 0.4) is 0 Å². The number of methoxy groups -OCH3 is 1. The topological polar surface area (TPSA) is 63.6 Å². The average Bonchev–Trinajstić information content (AvgIpc) is 3.28. The van der Waals surface area contributed by atoms with Crippen molar-refractivity contribution in [3.05, 3.63) is 40.3 Å². The fourth-order valence-corrected chi connectivity index (χ4v) is 3.74. The van der Waals surface area contributed by atoms with Crippen LogP contribution in [-0.2, 0) is 13.2 Å². The molecule has 0 aliphatic heterocycles. The van der Waals surface area contributed by atoms with E-state index in [-0.39, 0.29) is 12.1 Å². The average molecular weight is 348 g/mol. The Bertz CT molecular complexity index is 636. The maximum absolute atomic E-state index is 9.64. The largest absolute Gasteiger partial charge is 0.497 e. The molecular weight excluding hydrogens is 324 g/mol. The maximum atomic E-state index is 9.64. The Kier molecular flexibility index (Phi) is 5.71. The minimum Gasteiger partial charge on any atom is -0.497 e. The standard InChI is InChI=1S/C18H24N2O3S/c1-22-15-4-6-16(7-5-15)23-11-17-20-14(12-24-17)10-19-18(13-21)8-2-3-9-18/h4-7,12,19,21H,2-3,8-11,13H2,1H3. The van der Waals surface area contributed by atoms with Crippen LogP contribution in [0.15, 0.2) is 29.6 Å². The number of rotatable bonds is 8. The number of nitrogens with zero attached hydrogens (tertiary/aromatic N) is 1. The lowest BCUT2D eigenvalue weighted by atomic mass is 9.99. The zero-order valence-corrected chi connectivity index (χ0v) is 14.8. The van der Waals surface area contributed by atoms with Gasteiger partial charge in [-0.2, -0.15) is 0 Å². The predicted molar refractivity (Wildman–Crippen MR) is 94.6 cm³/mol. The number of aliphatic hydroxyl groups excluding tert-OH is 1. The summed E-state index contributed by atoms with van der Waals surface area (Å²) in [5, 5.41) is 16.1. The van der Waals surface area contributed by atoms with E-state index in [0.717, 1.165) is 35.0 Å². The highest BCUT2D eigenvalue weighted by Gasteiger charge is 2.32. The molecule has 1 aromatic carbocycles. The quantitative estimate of drug-likeness (QED) is 0.767. The summed E-state index contributed by atoms with van der Waals surface area (Å²) in [5.74, 6) is 1.62. The van der Waals surface area contributed by atoms with Crippen LogP contribution in [0, 0.1) is 0 Å². The molecule has 0 unspecified atom stereocenters. The fraction of sp³-hybridized carbons (Fsp3) is 0.500. The number of benzene rings is 1. The van der Waals surface area contributed by atoms with Crippen molar-refractivity contribution in [2.45, 2.75) is 44.4 Å². The lowest BCUT2D eigenvalue weighted by molar-refractivity contribution is 0.162. The van der Waals surface area contributed by atoms with Crippen LogP contribution in [-0.4, -0.2) is 29.3 Å². The van der Waals surface area contributed by atoms with Gasteiger partial charge in [-0.1, -0.05) is 12.8 Å². The van der Waals surface area contributed by atoms with Gasteiger partial charge in [0.1, 0.15) is 23.1 Å². The van der Waals surface area contributed by atoms with E-state index in [1.165, 1.54) is 12.8 Å². The SMILES string of the molecule is COc1ccc(OCc2nc(CNC3(CO)CCCC3)cs2)cc1. The van der Waals surface area contributed by atoms with Gasteiger partial charge in [-0.05, 0) is 37.1 Å². The van der Waals surface area contributed by atoms with Gasteiger partial charge in [-0.25, -0.2) is 4.98 Å². The molecule has 0 saturated heterocycles. The van der Waals surface area contributed by atoms with E-state index in [2.05, 4.69) is 15.7 Å². The molecule has 1 fully saturated rings. The van der Waals surface area contributed by atoms with E-state index in [9.17, 15) is 5.11 Å². The second-order valence-electron chi connectivity index (χ2n) is 6.20. The molecule has 5 nitrogen and oxygen atoms in total. The zero-order valence-electron chi connectivity index (χ0n) is 14.0. The molecule has 130 valence electrons. The van der Waals surface area contributed by atoms with Gasteiger partial charge in [0.05, 0.1) is 19.4 Å². The molecule has 0 radical (unpaired) electrons. The summed E-state index contributed by atoms with van der Waals surface area (Å²) in [6.45, 7) is 1.35. The van der Waals surface area contributed by atoms with Crippen LogP contribution in [0.1, 0.15) is 36.4 Å². The monoisotopic (exact) mass is 348 g/mol. The van der Waals surface area contributed by atoms with Crippen molar-refractivity contribution in [3.63, 3.8) is 0 Å².